The maximum absolute atomic E-state index is 5.33. The zero-order valence-electron chi connectivity index (χ0n) is 6.37. The molecule has 0 radical (unpaired) electrons. The first-order valence-electron chi connectivity index (χ1n) is 3.29. The number of rotatable bonds is 2. The van der Waals surface area contributed by atoms with E-state index in [0.717, 1.165) is 0 Å². The first kappa shape index (κ1) is 7.60. The second kappa shape index (κ2) is 3.05. The second-order valence-corrected chi connectivity index (χ2v) is 2.01. The minimum Gasteiger partial charge on any atom is -0.424 e. The van der Waals surface area contributed by atoms with Crippen molar-refractivity contribution in [2.24, 2.45) is 0 Å². The van der Waals surface area contributed by atoms with Crippen molar-refractivity contribution in [2.75, 3.05) is 5.73 Å². The third kappa shape index (κ3) is 1.49. The monoisotopic (exact) mass is 152 g/mol. The summed E-state index contributed by atoms with van der Waals surface area (Å²) in [6.07, 6.45) is 5.25. The topological polar surface area (TPSA) is 52.0 Å². The highest BCUT2D eigenvalue weighted by Crippen LogP contribution is 2.14. The maximum Gasteiger partial charge on any atom is 0.292 e. The third-order valence-electron chi connectivity index (χ3n) is 1.21. The van der Waals surface area contributed by atoms with Crippen LogP contribution in [0.5, 0.6) is 0 Å². The smallest absolute Gasteiger partial charge is 0.292 e. The Hall–Kier alpha value is -1.51. The van der Waals surface area contributed by atoms with E-state index < -0.39 is 0 Å². The van der Waals surface area contributed by atoms with Crippen LogP contribution in [0.4, 0.5) is 6.01 Å². The van der Waals surface area contributed by atoms with Gasteiger partial charge in [-0.3, -0.25) is 0 Å². The fraction of sp³-hybridized carbons (Fsp3) is 0.125. The Balaban J connectivity index is 0.00000121. The van der Waals surface area contributed by atoms with E-state index in [9.17, 15) is 0 Å². The molecule has 0 aliphatic rings. The average Bonchev–Trinajstić information content (AvgIpc) is 2.32. The van der Waals surface area contributed by atoms with Gasteiger partial charge in [0.1, 0.15) is 5.69 Å². The molecule has 0 aliphatic heterocycles. The number of nitrogens with two attached hydrogens (primary N) is 1. The lowest BCUT2D eigenvalue weighted by molar-refractivity contribution is 0.570. The summed E-state index contributed by atoms with van der Waals surface area (Å²) < 4.78 is 5.05. The highest BCUT2D eigenvalue weighted by Gasteiger charge is 2.03. The van der Waals surface area contributed by atoms with Gasteiger partial charge in [0.2, 0.25) is 0 Å². The van der Waals surface area contributed by atoms with Gasteiger partial charge in [0.15, 0.2) is 5.76 Å². The lowest BCUT2D eigenvalue weighted by Gasteiger charge is -1.83. The molecule has 0 amide bonds. The summed E-state index contributed by atoms with van der Waals surface area (Å²) in [5, 5.41) is 0. The number of aromatic nitrogens is 1. The van der Waals surface area contributed by atoms with Gasteiger partial charge in [-0.2, -0.15) is 4.98 Å². The molecule has 2 N–H and O–H groups in total. The van der Waals surface area contributed by atoms with Crippen LogP contribution >= 0.6 is 0 Å². The molecule has 3 heteroatoms. The molecule has 1 rings (SSSR count). The molecular weight excluding hydrogens is 140 g/mol. The second-order valence-electron chi connectivity index (χ2n) is 2.01. The Morgan fingerprint density at radius 1 is 1.73 bits per heavy atom. The molecule has 0 fully saturated rings. The predicted molar refractivity (Wildman–Crippen MR) is 47.8 cm³/mol. The van der Waals surface area contributed by atoms with E-state index in [0.29, 0.717) is 11.5 Å². The van der Waals surface area contributed by atoms with Gasteiger partial charge >= 0.3 is 0 Å². The molecule has 0 spiro atoms. The standard InChI is InChI=1S/C8H10N2O.H2/c1-3-5-7-6(4-2)10-8(9)11-7;/h3-5H,2H2,1H3,(H2,9,10);1H/b5-3-;. The fourth-order valence-corrected chi connectivity index (χ4v) is 0.779. The number of nitrogens with zero attached hydrogens (tertiary/aromatic N) is 1. The van der Waals surface area contributed by atoms with Crippen molar-refractivity contribution in [2.45, 2.75) is 6.92 Å². The Labute approximate surface area is 66.7 Å². The number of allylic oxidation sites excluding steroid dienone is 1. The molecule has 0 atom stereocenters. The molecule has 1 aromatic rings. The van der Waals surface area contributed by atoms with E-state index in [-0.39, 0.29) is 7.44 Å². The van der Waals surface area contributed by atoms with Gasteiger partial charge in [-0.15, -0.1) is 0 Å². The SMILES string of the molecule is C=Cc1nc(N)oc1/C=C\C.[HH]. The van der Waals surface area contributed by atoms with Crippen molar-refractivity contribution in [3.63, 3.8) is 0 Å². The number of hydrogen-bond donors (Lipinski definition) is 1. The largest absolute Gasteiger partial charge is 0.424 e. The number of hydrogen-bond acceptors (Lipinski definition) is 3. The molecule has 0 bridgehead atoms. The molecule has 0 saturated carbocycles. The van der Waals surface area contributed by atoms with Crippen LogP contribution in [0.3, 0.4) is 0 Å². The first-order valence-corrected chi connectivity index (χ1v) is 3.29. The molecule has 1 aromatic heterocycles. The van der Waals surface area contributed by atoms with Crippen LogP contribution < -0.4 is 5.73 Å². The maximum atomic E-state index is 5.33. The Morgan fingerprint density at radius 3 is 3.00 bits per heavy atom. The predicted octanol–water partition coefficient (Wildman–Crippen LogP) is 2.18. The van der Waals surface area contributed by atoms with Gasteiger partial charge in [-0.1, -0.05) is 12.7 Å². The normalized spacial score (nSPS) is 10.6. The van der Waals surface area contributed by atoms with E-state index in [1.54, 1.807) is 12.2 Å². The van der Waals surface area contributed by atoms with E-state index >= 15 is 0 Å². The van der Waals surface area contributed by atoms with Crippen molar-refractivity contribution < 1.29 is 5.84 Å². The zero-order chi connectivity index (χ0) is 8.27. The lowest BCUT2D eigenvalue weighted by atomic mass is 10.3. The number of nitrogen functional groups attached to an aromatic ring is 1. The minimum atomic E-state index is 0. The van der Waals surface area contributed by atoms with Crippen molar-refractivity contribution >= 4 is 18.2 Å². The molecule has 0 unspecified atom stereocenters. The van der Waals surface area contributed by atoms with Gasteiger partial charge < -0.3 is 10.2 Å². The van der Waals surface area contributed by atoms with Crippen LogP contribution in [0.2, 0.25) is 0 Å². The Morgan fingerprint density at radius 2 is 2.45 bits per heavy atom. The summed E-state index contributed by atoms with van der Waals surface area (Å²) in [5.74, 6) is 0.653. The Bertz CT molecular complexity index is 291. The van der Waals surface area contributed by atoms with Crippen LogP contribution in [0.25, 0.3) is 12.2 Å². The first-order chi connectivity index (χ1) is 5.27. The summed E-state index contributed by atoms with van der Waals surface area (Å²) in [7, 11) is 0. The summed E-state index contributed by atoms with van der Waals surface area (Å²) in [6, 6.07) is 0.174. The van der Waals surface area contributed by atoms with E-state index in [1.807, 2.05) is 13.0 Å². The number of oxazole rings is 1. The van der Waals surface area contributed by atoms with Crippen molar-refractivity contribution in [3.05, 3.63) is 24.1 Å². The zero-order valence-corrected chi connectivity index (χ0v) is 6.37. The summed E-state index contributed by atoms with van der Waals surface area (Å²) in [4.78, 5) is 3.89. The number of anilines is 1. The van der Waals surface area contributed by atoms with Crippen LogP contribution in [0, 0.1) is 0 Å². The van der Waals surface area contributed by atoms with Crippen molar-refractivity contribution in [3.8, 4) is 0 Å². The molecule has 3 nitrogen and oxygen atoms in total. The molecule has 0 aliphatic carbocycles. The molecule has 1 heterocycles. The van der Waals surface area contributed by atoms with E-state index in [4.69, 9.17) is 10.2 Å². The fourth-order valence-electron chi connectivity index (χ4n) is 0.779. The summed E-state index contributed by atoms with van der Waals surface area (Å²) in [6.45, 7) is 5.47. The highest BCUT2D eigenvalue weighted by atomic mass is 16.4. The minimum absolute atomic E-state index is 0. The summed E-state index contributed by atoms with van der Waals surface area (Å²) >= 11 is 0. The van der Waals surface area contributed by atoms with E-state index in [2.05, 4.69) is 11.6 Å². The van der Waals surface area contributed by atoms with Gasteiger partial charge in [-0.05, 0) is 19.1 Å². The van der Waals surface area contributed by atoms with Crippen molar-refractivity contribution in [1.82, 2.24) is 4.98 Å². The van der Waals surface area contributed by atoms with Crippen LogP contribution in [0.15, 0.2) is 17.1 Å². The quantitative estimate of drug-likeness (QED) is 0.706. The van der Waals surface area contributed by atoms with Gasteiger partial charge in [0.25, 0.3) is 6.01 Å². The Kier molecular flexibility index (Phi) is 2.11. The third-order valence-corrected chi connectivity index (χ3v) is 1.21. The highest BCUT2D eigenvalue weighted by molar-refractivity contribution is 5.58. The van der Waals surface area contributed by atoms with Crippen LogP contribution in [-0.2, 0) is 0 Å². The lowest BCUT2D eigenvalue weighted by Crippen LogP contribution is -1.81. The molecule has 0 saturated heterocycles. The van der Waals surface area contributed by atoms with Gasteiger partial charge in [0, 0.05) is 1.43 Å². The van der Waals surface area contributed by atoms with E-state index in [1.165, 1.54) is 0 Å². The van der Waals surface area contributed by atoms with Gasteiger partial charge in [0.05, 0.1) is 0 Å². The van der Waals surface area contributed by atoms with Crippen LogP contribution in [0.1, 0.15) is 19.8 Å². The molecular formula is C8H12N2O. The van der Waals surface area contributed by atoms with Crippen LogP contribution in [-0.4, -0.2) is 4.98 Å². The van der Waals surface area contributed by atoms with Crippen molar-refractivity contribution in [1.29, 1.82) is 0 Å². The molecule has 0 aromatic carbocycles. The summed E-state index contributed by atoms with van der Waals surface area (Å²) in [5.41, 5.74) is 6.01. The van der Waals surface area contributed by atoms with Gasteiger partial charge in [-0.25, -0.2) is 0 Å². The molecule has 11 heavy (non-hydrogen) atoms. The average molecular weight is 152 g/mol. The molecule has 60 valence electrons.